The van der Waals surface area contributed by atoms with E-state index in [-0.39, 0.29) is 11.8 Å². The Labute approximate surface area is 119 Å². The van der Waals surface area contributed by atoms with E-state index >= 15 is 0 Å². The molecule has 1 aromatic carbocycles. The summed E-state index contributed by atoms with van der Waals surface area (Å²) in [4.78, 5) is 26.4. The molecule has 1 aliphatic heterocycles. The summed E-state index contributed by atoms with van der Waals surface area (Å²) in [5.74, 6) is 2.25. The van der Waals surface area contributed by atoms with Gasteiger partial charge in [-0.3, -0.25) is 9.59 Å². The summed E-state index contributed by atoms with van der Waals surface area (Å²) in [6.07, 6.45) is 5.98. The van der Waals surface area contributed by atoms with Crippen molar-refractivity contribution in [1.82, 2.24) is 10.2 Å². The molecule has 1 saturated heterocycles. The maximum Gasteiger partial charge on any atom is 0.251 e. The number of nitrogens with one attached hydrogen (secondary N) is 1. The van der Waals surface area contributed by atoms with Gasteiger partial charge < -0.3 is 10.2 Å². The lowest BCUT2D eigenvalue weighted by atomic mass is 9.97. The number of rotatable bonds is 3. The van der Waals surface area contributed by atoms with E-state index in [0.29, 0.717) is 6.42 Å². The largest absolute Gasteiger partial charge is 0.339 e. The zero-order chi connectivity index (χ0) is 14.7. The minimum Gasteiger partial charge on any atom is -0.339 e. The van der Waals surface area contributed by atoms with Crippen LogP contribution >= 0.6 is 0 Å². The molecule has 1 fully saturated rings. The van der Waals surface area contributed by atoms with Gasteiger partial charge >= 0.3 is 0 Å². The van der Waals surface area contributed by atoms with Crippen molar-refractivity contribution < 1.29 is 9.59 Å². The van der Waals surface area contributed by atoms with Gasteiger partial charge in [0, 0.05) is 0 Å². The first kappa shape index (κ1) is 14.1. The highest BCUT2D eigenvalue weighted by atomic mass is 16.2. The lowest BCUT2D eigenvalue weighted by molar-refractivity contribution is -0.150. The van der Waals surface area contributed by atoms with Crippen LogP contribution < -0.4 is 5.32 Å². The molecule has 0 spiro atoms. The Bertz CT molecular complexity index is 547. The van der Waals surface area contributed by atoms with Crippen molar-refractivity contribution in [3.8, 4) is 12.3 Å². The first-order valence-electron chi connectivity index (χ1n) is 6.73. The third kappa shape index (κ3) is 2.39. The Hall–Kier alpha value is -2.28. The van der Waals surface area contributed by atoms with Crippen molar-refractivity contribution in [2.24, 2.45) is 0 Å². The van der Waals surface area contributed by atoms with Gasteiger partial charge in [0.2, 0.25) is 5.91 Å². The molecular formula is C16H18N2O2. The van der Waals surface area contributed by atoms with Crippen LogP contribution in [0.3, 0.4) is 0 Å². The van der Waals surface area contributed by atoms with Gasteiger partial charge in [-0.25, -0.2) is 0 Å². The van der Waals surface area contributed by atoms with Gasteiger partial charge in [-0.15, -0.1) is 6.42 Å². The predicted molar refractivity (Wildman–Crippen MR) is 76.5 cm³/mol. The second-order valence-corrected chi connectivity index (χ2v) is 4.86. The number of nitrogens with zero attached hydrogens (tertiary/aromatic N) is 1. The highest BCUT2D eigenvalue weighted by Crippen LogP contribution is 2.25. The Morgan fingerprint density at radius 2 is 2.00 bits per heavy atom. The first-order valence-corrected chi connectivity index (χ1v) is 6.73. The van der Waals surface area contributed by atoms with Crippen LogP contribution in [0.25, 0.3) is 0 Å². The first-order chi connectivity index (χ1) is 9.60. The lowest BCUT2D eigenvalue weighted by Gasteiger charge is -2.40. The summed E-state index contributed by atoms with van der Waals surface area (Å²) < 4.78 is 0. The van der Waals surface area contributed by atoms with E-state index in [1.165, 1.54) is 4.90 Å². The van der Waals surface area contributed by atoms with Crippen molar-refractivity contribution in [2.75, 3.05) is 0 Å². The molecule has 1 aromatic rings. The fourth-order valence-corrected chi connectivity index (χ4v) is 2.52. The van der Waals surface area contributed by atoms with E-state index < -0.39 is 18.1 Å². The third-order valence-electron chi connectivity index (χ3n) is 3.60. The molecule has 1 aliphatic rings. The highest BCUT2D eigenvalue weighted by Gasteiger charge is 2.41. The second-order valence-electron chi connectivity index (χ2n) is 4.86. The van der Waals surface area contributed by atoms with Crippen LogP contribution in [0.1, 0.15) is 31.9 Å². The monoisotopic (exact) mass is 270 g/mol. The minimum atomic E-state index is -0.651. The van der Waals surface area contributed by atoms with Crippen molar-refractivity contribution in [3.05, 3.63) is 35.9 Å². The molecule has 4 heteroatoms. The van der Waals surface area contributed by atoms with E-state index in [4.69, 9.17) is 6.42 Å². The molecule has 2 rings (SSSR count). The Balaban J connectivity index is 2.37. The summed E-state index contributed by atoms with van der Waals surface area (Å²) in [6, 6.07) is 7.67. The molecule has 1 heterocycles. The lowest BCUT2D eigenvalue weighted by Crippen LogP contribution is -2.61. The summed E-state index contributed by atoms with van der Waals surface area (Å²) in [5.41, 5.74) is 0.773. The summed E-state index contributed by atoms with van der Waals surface area (Å²) in [5, 5.41) is 2.79. The summed E-state index contributed by atoms with van der Waals surface area (Å²) in [7, 11) is 0. The van der Waals surface area contributed by atoms with Crippen LogP contribution in [0.15, 0.2) is 30.3 Å². The van der Waals surface area contributed by atoms with Crippen LogP contribution in [0.2, 0.25) is 0 Å². The molecule has 0 saturated carbocycles. The van der Waals surface area contributed by atoms with Crippen molar-refractivity contribution in [3.63, 3.8) is 0 Å². The number of hydrogen-bond acceptors (Lipinski definition) is 2. The van der Waals surface area contributed by atoms with E-state index in [1.807, 2.05) is 37.3 Å². The fourth-order valence-electron chi connectivity index (χ4n) is 2.52. The second kappa shape index (κ2) is 5.79. The number of carbonyl (C=O) groups excluding carboxylic acids is 2. The van der Waals surface area contributed by atoms with Crippen LogP contribution in [-0.2, 0) is 9.59 Å². The highest BCUT2D eigenvalue weighted by molar-refractivity contribution is 5.97. The summed E-state index contributed by atoms with van der Waals surface area (Å²) >= 11 is 0. The maximum atomic E-state index is 12.7. The molecule has 1 N–H and O–H groups in total. The number of amides is 2. The third-order valence-corrected chi connectivity index (χ3v) is 3.60. The average molecular weight is 270 g/mol. The number of piperazine rings is 1. The molecule has 0 radical (unpaired) electrons. The molecule has 3 atom stereocenters. The zero-order valence-electron chi connectivity index (χ0n) is 11.7. The number of carbonyl (C=O) groups is 2. The van der Waals surface area contributed by atoms with Gasteiger partial charge in [0.25, 0.3) is 5.91 Å². The molecule has 104 valence electrons. The van der Waals surface area contributed by atoms with E-state index in [9.17, 15) is 9.59 Å². The van der Waals surface area contributed by atoms with Gasteiger partial charge in [0.05, 0.1) is 6.04 Å². The van der Waals surface area contributed by atoms with Crippen LogP contribution in [0.4, 0.5) is 0 Å². The molecule has 2 amide bonds. The zero-order valence-corrected chi connectivity index (χ0v) is 11.7. The van der Waals surface area contributed by atoms with E-state index in [0.717, 1.165) is 5.56 Å². The SMILES string of the molecule is C#CC(C)N1C(=O)C(c2ccccc2)NC(=O)C1CC. The molecule has 0 bridgehead atoms. The quantitative estimate of drug-likeness (QED) is 0.846. The smallest absolute Gasteiger partial charge is 0.251 e. The number of benzene rings is 1. The minimum absolute atomic E-state index is 0.145. The average Bonchev–Trinajstić information content (AvgIpc) is 2.48. The Kier molecular flexibility index (Phi) is 4.09. The van der Waals surface area contributed by atoms with Crippen LogP contribution in [0.5, 0.6) is 0 Å². The van der Waals surface area contributed by atoms with Crippen LogP contribution in [0, 0.1) is 12.3 Å². The van der Waals surface area contributed by atoms with Crippen molar-refractivity contribution >= 4 is 11.8 Å². The topological polar surface area (TPSA) is 49.4 Å². The van der Waals surface area contributed by atoms with Crippen LogP contribution in [-0.4, -0.2) is 28.8 Å². The number of terminal acetylenes is 1. The van der Waals surface area contributed by atoms with Gasteiger partial charge in [-0.1, -0.05) is 43.2 Å². The maximum absolute atomic E-state index is 12.7. The molecule has 0 aromatic heterocycles. The number of hydrogen-bond donors (Lipinski definition) is 1. The molecular weight excluding hydrogens is 252 g/mol. The molecule has 20 heavy (non-hydrogen) atoms. The van der Waals surface area contributed by atoms with Gasteiger partial charge in [0.15, 0.2) is 0 Å². The standard InChI is InChI=1S/C16H18N2O2/c1-4-11(3)18-13(5-2)15(19)17-14(16(18)20)12-9-7-6-8-10-12/h1,6-11,13-14H,5H2,2-3H3,(H,17,19). The Morgan fingerprint density at radius 1 is 1.35 bits per heavy atom. The fraction of sp³-hybridized carbons (Fsp3) is 0.375. The molecule has 3 unspecified atom stereocenters. The van der Waals surface area contributed by atoms with Crippen molar-refractivity contribution in [1.29, 1.82) is 0 Å². The molecule has 0 aliphatic carbocycles. The van der Waals surface area contributed by atoms with E-state index in [1.54, 1.807) is 6.92 Å². The van der Waals surface area contributed by atoms with Crippen molar-refractivity contribution in [2.45, 2.75) is 38.4 Å². The summed E-state index contributed by atoms with van der Waals surface area (Å²) in [6.45, 7) is 3.64. The normalized spacial score (nSPS) is 23.9. The van der Waals surface area contributed by atoms with Gasteiger partial charge in [-0.2, -0.15) is 0 Å². The molecule has 4 nitrogen and oxygen atoms in total. The predicted octanol–water partition coefficient (Wildman–Crippen LogP) is 1.49. The Morgan fingerprint density at radius 3 is 2.55 bits per heavy atom. The van der Waals surface area contributed by atoms with E-state index in [2.05, 4.69) is 11.2 Å². The van der Waals surface area contributed by atoms with Gasteiger partial charge in [0.1, 0.15) is 12.1 Å². The van der Waals surface area contributed by atoms with Gasteiger partial charge in [-0.05, 0) is 18.9 Å².